The van der Waals surface area contributed by atoms with Crippen LogP contribution in [0.1, 0.15) is 29.4 Å². The van der Waals surface area contributed by atoms with E-state index in [2.05, 4.69) is 25.0 Å². The van der Waals surface area contributed by atoms with Gasteiger partial charge in [0.05, 0.1) is 16.8 Å². The molecule has 36 heavy (non-hydrogen) atoms. The van der Waals surface area contributed by atoms with Gasteiger partial charge in [0.1, 0.15) is 0 Å². The molecular weight excluding hydrogens is 477 g/mol. The van der Waals surface area contributed by atoms with E-state index in [9.17, 15) is 22.8 Å². The minimum Gasteiger partial charge on any atom is -0.468 e. The van der Waals surface area contributed by atoms with Crippen LogP contribution in [0.15, 0.2) is 64.6 Å². The zero-order valence-electron chi connectivity index (χ0n) is 18.4. The van der Waals surface area contributed by atoms with Gasteiger partial charge >= 0.3 is 11.9 Å². The second-order valence-electron chi connectivity index (χ2n) is 8.62. The number of alkyl halides is 3. The molecule has 4 heterocycles. The highest BCUT2D eigenvalue weighted by atomic mass is 19.4. The monoisotopic (exact) mass is 494 g/mol. The van der Waals surface area contributed by atoms with Crippen LogP contribution in [0.4, 0.5) is 13.2 Å². The van der Waals surface area contributed by atoms with Crippen molar-refractivity contribution < 1.29 is 17.9 Å². The van der Waals surface area contributed by atoms with E-state index >= 15 is 0 Å². The Morgan fingerprint density at radius 2 is 1.94 bits per heavy atom. The van der Waals surface area contributed by atoms with Crippen LogP contribution < -0.4 is 16.0 Å². The standard InChI is InChI=1S/C24H17F3N6O3/c25-24(26,27)11-36-20-4-3-12-1-2-13(7-18(12)30-20)14-8-15(14)16-9-19(32-33-6-5-28-21(16)33)17-10-29-23(35)31-22(17)34/h1-7,9-10,14-15H,8,11H2,(H2,29,31,34,35)/t14-,15+/m1/s1. The van der Waals surface area contributed by atoms with Crippen LogP contribution in [0, 0.1) is 0 Å². The van der Waals surface area contributed by atoms with E-state index in [1.807, 2.05) is 18.2 Å². The lowest BCUT2D eigenvalue weighted by Crippen LogP contribution is -2.23. The summed E-state index contributed by atoms with van der Waals surface area (Å²) in [6, 6.07) is 10.6. The van der Waals surface area contributed by atoms with Gasteiger partial charge in [-0.05, 0) is 42.0 Å². The number of ether oxygens (including phenoxy) is 1. The predicted octanol–water partition coefficient (Wildman–Crippen LogP) is 3.53. The Morgan fingerprint density at radius 1 is 1.11 bits per heavy atom. The molecule has 0 amide bonds. The lowest BCUT2D eigenvalue weighted by Gasteiger charge is -2.10. The van der Waals surface area contributed by atoms with E-state index in [-0.39, 0.29) is 23.3 Å². The number of H-pyrrole nitrogens is 2. The number of hydrogen-bond acceptors (Lipinski definition) is 6. The number of fused-ring (bicyclic) bond motifs is 2. The van der Waals surface area contributed by atoms with Crippen LogP contribution in [0.3, 0.4) is 0 Å². The van der Waals surface area contributed by atoms with Gasteiger partial charge in [0.15, 0.2) is 12.3 Å². The van der Waals surface area contributed by atoms with Crippen molar-refractivity contribution >= 4 is 16.6 Å². The molecule has 5 aromatic rings. The number of halogens is 3. The largest absolute Gasteiger partial charge is 0.468 e. The molecule has 0 saturated heterocycles. The Kier molecular flexibility index (Phi) is 4.92. The third kappa shape index (κ3) is 4.10. The smallest absolute Gasteiger partial charge is 0.422 e. The number of hydrogen-bond donors (Lipinski definition) is 2. The maximum atomic E-state index is 12.5. The van der Waals surface area contributed by atoms with E-state index in [1.54, 1.807) is 29.0 Å². The number of nitrogens with zero attached hydrogens (tertiary/aromatic N) is 4. The highest BCUT2D eigenvalue weighted by Crippen LogP contribution is 2.55. The summed E-state index contributed by atoms with van der Waals surface area (Å²) in [5.41, 5.74) is 2.55. The molecule has 2 atom stereocenters. The maximum absolute atomic E-state index is 12.5. The zero-order valence-corrected chi connectivity index (χ0v) is 18.4. The molecule has 12 heteroatoms. The third-order valence-corrected chi connectivity index (χ3v) is 6.18. The fourth-order valence-corrected chi connectivity index (χ4v) is 4.44. The van der Waals surface area contributed by atoms with Crippen molar-refractivity contribution in [1.82, 2.24) is 29.5 Å². The van der Waals surface area contributed by atoms with Crippen molar-refractivity contribution in [3.63, 3.8) is 0 Å². The number of nitrogens with one attached hydrogen (secondary N) is 2. The van der Waals surface area contributed by atoms with Gasteiger partial charge in [0.25, 0.3) is 5.56 Å². The summed E-state index contributed by atoms with van der Waals surface area (Å²) in [6.45, 7) is -1.40. The topological polar surface area (TPSA) is 118 Å². The molecule has 1 fully saturated rings. The van der Waals surface area contributed by atoms with Crippen molar-refractivity contribution in [2.75, 3.05) is 6.61 Å². The molecule has 2 N–H and O–H groups in total. The molecule has 0 spiro atoms. The van der Waals surface area contributed by atoms with Gasteiger partial charge < -0.3 is 9.72 Å². The van der Waals surface area contributed by atoms with Gasteiger partial charge in [-0.15, -0.1) is 0 Å². The predicted molar refractivity (Wildman–Crippen MR) is 123 cm³/mol. The normalized spacial score (nSPS) is 17.5. The summed E-state index contributed by atoms with van der Waals surface area (Å²) in [5, 5.41) is 5.24. The van der Waals surface area contributed by atoms with Crippen LogP contribution >= 0.6 is 0 Å². The molecule has 6 rings (SSSR count). The quantitative estimate of drug-likeness (QED) is 0.386. The molecule has 1 aliphatic carbocycles. The van der Waals surface area contributed by atoms with Gasteiger partial charge in [-0.25, -0.2) is 19.3 Å². The lowest BCUT2D eigenvalue weighted by molar-refractivity contribution is -0.154. The van der Waals surface area contributed by atoms with Gasteiger partial charge in [0, 0.05) is 35.6 Å². The molecule has 0 aliphatic heterocycles. The first kappa shape index (κ1) is 22.0. The summed E-state index contributed by atoms with van der Waals surface area (Å²) in [4.78, 5) is 37.1. The molecule has 1 aliphatic rings. The van der Waals surface area contributed by atoms with Crippen molar-refractivity contribution in [2.24, 2.45) is 0 Å². The molecule has 0 bridgehead atoms. The van der Waals surface area contributed by atoms with Crippen molar-refractivity contribution in [1.29, 1.82) is 0 Å². The van der Waals surface area contributed by atoms with Crippen LogP contribution in [-0.2, 0) is 0 Å². The minimum atomic E-state index is -4.44. The maximum Gasteiger partial charge on any atom is 0.422 e. The average Bonchev–Trinajstić information content (AvgIpc) is 3.49. The van der Waals surface area contributed by atoms with Gasteiger partial charge in [-0.2, -0.15) is 18.3 Å². The summed E-state index contributed by atoms with van der Waals surface area (Å²) in [5.74, 6) is 0.120. The molecule has 0 radical (unpaired) electrons. The van der Waals surface area contributed by atoms with Crippen molar-refractivity contribution in [3.8, 4) is 17.1 Å². The Bertz CT molecular complexity index is 1740. The summed E-state index contributed by atoms with van der Waals surface area (Å²) >= 11 is 0. The van der Waals surface area contributed by atoms with E-state index in [1.165, 1.54) is 12.3 Å². The molecular formula is C24H17F3N6O3. The van der Waals surface area contributed by atoms with Crippen LogP contribution in [0.5, 0.6) is 5.88 Å². The van der Waals surface area contributed by atoms with Crippen molar-refractivity contribution in [3.05, 3.63) is 87.0 Å². The number of imidazole rings is 1. The first-order valence-corrected chi connectivity index (χ1v) is 11.0. The Morgan fingerprint density at radius 3 is 2.75 bits per heavy atom. The van der Waals surface area contributed by atoms with E-state index in [0.717, 1.165) is 22.9 Å². The number of benzene rings is 1. The SMILES string of the molecule is O=c1[nH]cc(-c2cc([C@H]3C[C@@H]3c3ccc4ccc(OCC(F)(F)F)nc4c3)c3nccn3n2)c(=O)[nH]1. The number of rotatable bonds is 5. The summed E-state index contributed by atoms with van der Waals surface area (Å²) < 4.78 is 43.9. The van der Waals surface area contributed by atoms with E-state index in [4.69, 9.17) is 4.74 Å². The molecule has 1 aromatic carbocycles. The number of pyridine rings is 1. The van der Waals surface area contributed by atoms with Crippen LogP contribution in [0.2, 0.25) is 0 Å². The second-order valence-corrected chi connectivity index (χ2v) is 8.62. The molecule has 182 valence electrons. The zero-order chi connectivity index (χ0) is 25.0. The van der Waals surface area contributed by atoms with E-state index < -0.39 is 24.0 Å². The highest BCUT2D eigenvalue weighted by molar-refractivity contribution is 5.80. The minimum absolute atomic E-state index is 0.0839. The van der Waals surface area contributed by atoms with Gasteiger partial charge in [-0.1, -0.05) is 12.1 Å². The first-order valence-electron chi connectivity index (χ1n) is 11.0. The van der Waals surface area contributed by atoms with E-state index in [0.29, 0.717) is 16.9 Å². The van der Waals surface area contributed by atoms with Gasteiger partial charge in [0.2, 0.25) is 5.88 Å². The summed E-state index contributed by atoms with van der Waals surface area (Å²) in [7, 11) is 0. The highest BCUT2D eigenvalue weighted by Gasteiger charge is 2.41. The molecule has 9 nitrogen and oxygen atoms in total. The third-order valence-electron chi connectivity index (χ3n) is 6.18. The lowest BCUT2D eigenvalue weighted by atomic mass is 10.0. The van der Waals surface area contributed by atoms with Gasteiger partial charge in [-0.3, -0.25) is 9.78 Å². The Hall–Kier alpha value is -4.48. The second kappa shape index (κ2) is 8.04. The molecule has 0 unspecified atom stereocenters. The fraction of sp³-hybridized carbons (Fsp3) is 0.208. The fourth-order valence-electron chi connectivity index (χ4n) is 4.44. The molecule has 1 saturated carbocycles. The van der Waals surface area contributed by atoms with Crippen molar-refractivity contribution in [2.45, 2.75) is 24.4 Å². The van der Waals surface area contributed by atoms with Crippen LogP contribution in [0.25, 0.3) is 27.8 Å². The number of aromatic amines is 2. The average molecular weight is 494 g/mol. The molecule has 4 aromatic heterocycles. The number of aromatic nitrogens is 6. The van der Waals surface area contributed by atoms with Crippen LogP contribution in [-0.4, -0.2) is 42.3 Å². The first-order chi connectivity index (χ1) is 17.2. The Labute approximate surface area is 199 Å². The Balaban J connectivity index is 1.33. The summed E-state index contributed by atoms with van der Waals surface area (Å²) in [6.07, 6.45) is 0.993.